The number of anilines is 2. The van der Waals surface area contributed by atoms with E-state index in [9.17, 15) is 23.2 Å². The topological polar surface area (TPSA) is 216 Å². The number of nitrogens with one attached hydrogen (secondary N) is 1. The molecule has 274 valence electrons. The first-order valence-electron chi connectivity index (χ1n) is 16.5. The maximum atomic E-state index is 11.9. The number of aryl methyl sites for hydroxylation is 4. The molecule has 6 aromatic rings. The molecule has 6 rings (SSSR count). The molecule has 6 aromatic carbocycles. The number of aromatic hydroxyl groups is 1. The van der Waals surface area contributed by atoms with Crippen LogP contribution in [-0.2, 0) is 16.7 Å². The van der Waals surface area contributed by atoms with Crippen molar-refractivity contribution in [2.45, 2.75) is 39.2 Å². The van der Waals surface area contributed by atoms with Crippen molar-refractivity contribution in [2.75, 3.05) is 11.2 Å². The highest BCUT2D eigenvalue weighted by Crippen LogP contribution is 2.38. The zero-order valence-electron chi connectivity index (χ0n) is 29.7. The number of aliphatic hydroxyl groups excluding tert-OH is 1. The zero-order valence-corrected chi connectivity index (χ0v) is 30.5. The molecule has 0 atom stereocenters. The van der Waals surface area contributed by atoms with Crippen LogP contribution in [-0.4, -0.2) is 23.2 Å². The van der Waals surface area contributed by atoms with Gasteiger partial charge in [-0.05, 0) is 146 Å². The van der Waals surface area contributed by atoms with Crippen LogP contribution >= 0.6 is 0 Å². The van der Waals surface area contributed by atoms with E-state index in [1.165, 1.54) is 12.1 Å². The first kappa shape index (κ1) is 37.2. The quantitative estimate of drug-likeness (QED) is 0.0371. The minimum atomic E-state index is -4.59. The van der Waals surface area contributed by atoms with Crippen LogP contribution in [0.15, 0.2) is 133 Å². The van der Waals surface area contributed by atoms with Crippen LogP contribution in [0.1, 0.15) is 27.8 Å². The van der Waals surface area contributed by atoms with Crippen molar-refractivity contribution in [2.24, 2.45) is 30.7 Å². The number of fused-ring (bicyclic) bond motifs is 1. The Hall–Kier alpha value is -6.55. The Morgan fingerprint density at radius 1 is 0.630 bits per heavy atom. The molecule has 0 saturated carbocycles. The number of hydrogen-bond donors (Lipinski definition) is 5. The van der Waals surface area contributed by atoms with Crippen LogP contribution in [0, 0.1) is 27.7 Å². The highest BCUT2D eigenvalue weighted by molar-refractivity contribution is 7.86. The fourth-order valence-corrected chi connectivity index (χ4v) is 6.04. The molecule has 15 heteroatoms. The fourth-order valence-electron chi connectivity index (χ4n) is 5.37. The fraction of sp³-hybridized carbons (Fsp3) is 0.128. The van der Waals surface area contributed by atoms with Gasteiger partial charge in [0, 0.05) is 11.1 Å². The van der Waals surface area contributed by atoms with Gasteiger partial charge in [-0.25, -0.2) is 5.48 Å². The monoisotopic (exact) mass is 744 g/mol. The summed E-state index contributed by atoms with van der Waals surface area (Å²) < 4.78 is 33.4. The lowest BCUT2D eigenvalue weighted by atomic mass is 10.1. The maximum absolute atomic E-state index is 11.9. The Labute approximate surface area is 311 Å². The van der Waals surface area contributed by atoms with Crippen molar-refractivity contribution in [1.82, 2.24) is 0 Å². The van der Waals surface area contributed by atoms with Gasteiger partial charge in [0.05, 0.1) is 35.0 Å². The summed E-state index contributed by atoms with van der Waals surface area (Å²) in [4.78, 5) is 5.16. The molecule has 6 N–H and O–H groups in total. The van der Waals surface area contributed by atoms with Gasteiger partial charge in [0.2, 0.25) is 0 Å². The van der Waals surface area contributed by atoms with Crippen LogP contribution in [0.5, 0.6) is 11.5 Å². The average molecular weight is 745 g/mol. The van der Waals surface area contributed by atoms with Crippen molar-refractivity contribution < 1.29 is 28.0 Å². The molecular weight excluding hydrogens is 709 g/mol. The van der Waals surface area contributed by atoms with Crippen molar-refractivity contribution >= 4 is 66.4 Å². The number of aliphatic hydroxyl groups is 1. The maximum Gasteiger partial charge on any atom is 0.296 e. The Bertz CT molecular complexity index is 2590. The molecule has 54 heavy (non-hydrogen) atoms. The van der Waals surface area contributed by atoms with Crippen molar-refractivity contribution in [1.29, 1.82) is 0 Å². The number of benzene rings is 6. The van der Waals surface area contributed by atoms with Gasteiger partial charge >= 0.3 is 0 Å². The third kappa shape index (κ3) is 8.56. The molecule has 0 aliphatic heterocycles. The van der Waals surface area contributed by atoms with E-state index in [2.05, 4.69) is 36.2 Å². The van der Waals surface area contributed by atoms with Crippen LogP contribution in [0.2, 0.25) is 0 Å². The zero-order chi connectivity index (χ0) is 38.6. The first-order valence-corrected chi connectivity index (χ1v) is 18.0. The lowest BCUT2D eigenvalue weighted by molar-refractivity contribution is 0.281. The number of nitrogens with zero attached hydrogens (tertiary/aromatic N) is 6. The number of nitrogen functional groups attached to an aromatic ring is 1. The summed E-state index contributed by atoms with van der Waals surface area (Å²) >= 11 is 0. The summed E-state index contributed by atoms with van der Waals surface area (Å²) in [5, 5.41) is 47.7. The summed E-state index contributed by atoms with van der Waals surface area (Å²) in [6.45, 7) is 7.02. The molecule has 0 heterocycles. The Morgan fingerprint density at radius 2 is 1.13 bits per heavy atom. The van der Waals surface area contributed by atoms with Gasteiger partial charge in [-0.15, -0.1) is 10.2 Å². The Morgan fingerprint density at radius 3 is 1.65 bits per heavy atom. The predicted octanol–water partition coefficient (Wildman–Crippen LogP) is 10.8. The van der Waals surface area contributed by atoms with Gasteiger partial charge < -0.3 is 20.8 Å². The SMILES string of the molecule is Cc1cc(N=Nc2ccc(CO)cc2S(=O)(=O)O)c(C)cc1N=Nc1cc(C)c(N=Nc2ccc3cc(NOc4ccc(N)cc4)ccc3c2O)cc1C. The minimum absolute atomic E-state index is 0.000221. The summed E-state index contributed by atoms with van der Waals surface area (Å²) in [5.41, 5.74) is 15.9. The smallest absolute Gasteiger partial charge is 0.296 e. The number of rotatable bonds is 11. The van der Waals surface area contributed by atoms with Crippen molar-refractivity contribution in [3.8, 4) is 11.5 Å². The Kier molecular flexibility index (Phi) is 10.7. The molecular formula is C39H36N8O6S. The lowest BCUT2D eigenvalue weighted by Crippen LogP contribution is -2.04. The Balaban J connectivity index is 1.16. The van der Waals surface area contributed by atoms with Gasteiger partial charge in [0.25, 0.3) is 10.1 Å². The third-order valence-corrected chi connectivity index (χ3v) is 9.33. The molecule has 0 aromatic heterocycles. The molecule has 0 aliphatic carbocycles. The first-order chi connectivity index (χ1) is 25.8. The van der Waals surface area contributed by atoms with Gasteiger partial charge in [0.1, 0.15) is 16.3 Å². The summed E-state index contributed by atoms with van der Waals surface area (Å²) in [6, 6.07) is 27.2. The average Bonchev–Trinajstić information content (AvgIpc) is 3.14. The summed E-state index contributed by atoms with van der Waals surface area (Å²) in [6.07, 6.45) is 0. The highest BCUT2D eigenvalue weighted by Gasteiger charge is 2.17. The number of nitrogens with two attached hydrogens (primary N) is 1. The largest absolute Gasteiger partial charge is 0.505 e. The molecule has 0 amide bonds. The van der Waals surface area contributed by atoms with Crippen LogP contribution in [0.3, 0.4) is 0 Å². The van der Waals surface area contributed by atoms with Crippen LogP contribution in [0.25, 0.3) is 10.8 Å². The number of azo groups is 3. The molecule has 14 nitrogen and oxygen atoms in total. The molecule has 0 aliphatic rings. The standard InChI is InChI=1S/C39H36N8O6S/c1-22-17-36(24(3)15-34(22)43-41-32-13-5-26(21-48)19-38(32)54(50,51)52)45-46-37-18-23(2)35(16-25(37)4)44-42-33-14-6-27-20-29(9-12-31(27)39(33)49)47-53-30-10-7-28(40)8-11-30/h5-20,47-49H,21,40H2,1-4H3,(H,50,51,52). The molecule has 0 spiro atoms. The number of phenolic OH excluding ortho intramolecular Hbond substituents is 1. The van der Waals surface area contributed by atoms with Gasteiger partial charge in [-0.3, -0.25) is 4.55 Å². The van der Waals surface area contributed by atoms with E-state index in [0.29, 0.717) is 62.1 Å². The van der Waals surface area contributed by atoms with E-state index >= 15 is 0 Å². The number of phenols is 1. The number of hydrogen-bond acceptors (Lipinski definition) is 13. The second kappa shape index (κ2) is 15.6. The van der Waals surface area contributed by atoms with E-state index in [1.807, 2.05) is 52.0 Å². The van der Waals surface area contributed by atoms with Crippen molar-refractivity contribution in [3.05, 3.63) is 125 Å². The van der Waals surface area contributed by atoms with Crippen LogP contribution in [0.4, 0.5) is 45.5 Å². The van der Waals surface area contributed by atoms with E-state index in [0.717, 1.165) is 28.1 Å². The predicted molar refractivity (Wildman–Crippen MR) is 207 cm³/mol. The second-order valence-electron chi connectivity index (χ2n) is 12.5. The molecule has 0 unspecified atom stereocenters. The summed E-state index contributed by atoms with van der Waals surface area (Å²) in [5.74, 6) is 0.604. The van der Waals surface area contributed by atoms with E-state index < -0.39 is 21.6 Å². The lowest BCUT2D eigenvalue weighted by Gasteiger charge is -2.10. The van der Waals surface area contributed by atoms with E-state index in [4.69, 9.17) is 10.6 Å². The van der Waals surface area contributed by atoms with Gasteiger partial charge in [-0.2, -0.15) is 28.9 Å². The van der Waals surface area contributed by atoms with Gasteiger partial charge in [0.15, 0.2) is 11.5 Å². The molecule has 0 bridgehead atoms. The molecule has 0 saturated heterocycles. The van der Waals surface area contributed by atoms with Crippen LogP contribution < -0.4 is 16.1 Å². The van der Waals surface area contributed by atoms with E-state index in [-0.39, 0.29) is 11.4 Å². The van der Waals surface area contributed by atoms with E-state index in [1.54, 1.807) is 54.6 Å². The highest BCUT2D eigenvalue weighted by atomic mass is 32.2. The van der Waals surface area contributed by atoms with Gasteiger partial charge in [-0.1, -0.05) is 12.1 Å². The minimum Gasteiger partial charge on any atom is -0.505 e. The second-order valence-corrected chi connectivity index (χ2v) is 13.9. The summed E-state index contributed by atoms with van der Waals surface area (Å²) in [7, 11) is -4.59. The molecule has 0 fully saturated rings. The van der Waals surface area contributed by atoms with Crippen molar-refractivity contribution in [3.63, 3.8) is 0 Å². The third-order valence-electron chi connectivity index (χ3n) is 8.45. The normalized spacial score (nSPS) is 12.0. The molecule has 0 radical (unpaired) electrons.